The number of hydrogen-bond donors (Lipinski definition) is 2. The lowest BCUT2D eigenvalue weighted by Crippen LogP contribution is -2.34. The molecule has 3 amide bonds. The van der Waals surface area contributed by atoms with Gasteiger partial charge in [0.2, 0.25) is 5.91 Å². The zero-order valence-corrected chi connectivity index (χ0v) is 8.86. The van der Waals surface area contributed by atoms with Crippen LogP contribution in [0.3, 0.4) is 0 Å². The van der Waals surface area contributed by atoms with Gasteiger partial charge in [-0.05, 0) is 6.07 Å². The molecular formula is C8H8N4O6. The molecule has 2 rings (SSSR count). The van der Waals surface area contributed by atoms with Crippen LogP contribution < -0.4 is 11.2 Å². The number of carbonyl (C=O) groups excluding carboxylic acids is 3. The number of imide groups is 1. The number of aldehydes is 1. The summed E-state index contributed by atoms with van der Waals surface area (Å²) in [7, 11) is 0. The smallest absolute Gasteiger partial charge is 0.398 e. The van der Waals surface area contributed by atoms with Crippen LogP contribution in [0, 0.1) is 10.1 Å². The van der Waals surface area contributed by atoms with E-state index >= 15 is 0 Å². The zero-order valence-electron chi connectivity index (χ0n) is 8.86. The largest absolute Gasteiger partial charge is 0.433 e. The van der Waals surface area contributed by atoms with Gasteiger partial charge >= 0.3 is 11.9 Å². The molecular weight excluding hydrogens is 248 g/mol. The molecule has 0 saturated carbocycles. The van der Waals surface area contributed by atoms with Crippen molar-refractivity contribution in [3.63, 3.8) is 0 Å². The molecule has 1 aromatic rings. The number of nitro groups is 1. The third-order valence-electron chi connectivity index (χ3n) is 1.73. The Hall–Kier alpha value is -2.75. The van der Waals surface area contributed by atoms with E-state index in [0.717, 1.165) is 11.1 Å². The fourth-order valence-corrected chi connectivity index (χ4v) is 0.961. The van der Waals surface area contributed by atoms with E-state index < -0.39 is 16.8 Å². The monoisotopic (exact) mass is 256 g/mol. The minimum absolute atomic E-state index is 0.0289. The molecule has 1 saturated heterocycles. The van der Waals surface area contributed by atoms with Crippen LogP contribution in [0.25, 0.3) is 0 Å². The maximum absolute atomic E-state index is 10.3. The van der Waals surface area contributed by atoms with E-state index in [9.17, 15) is 24.5 Å². The molecule has 1 aliphatic heterocycles. The number of carbonyl (C=O) groups is 3. The van der Waals surface area contributed by atoms with E-state index in [1.54, 1.807) is 0 Å². The van der Waals surface area contributed by atoms with Crippen molar-refractivity contribution in [1.82, 2.24) is 10.3 Å². The number of nitrogens with two attached hydrogens (primary N) is 1. The van der Waals surface area contributed by atoms with E-state index in [1.165, 1.54) is 6.07 Å². The Morgan fingerprint density at radius 3 is 2.39 bits per heavy atom. The molecule has 1 aliphatic rings. The van der Waals surface area contributed by atoms with E-state index in [4.69, 9.17) is 5.84 Å². The standard InChI is InChI=1S/C5H3NO4.C3H5N3O2/c7-3-4-1-2-5(10-4)6(8)9;4-6-1-2(7)5-3(6)8/h1-3H;1,4H2,(H,5,7,8). The predicted molar refractivity (Wildman–Crippen MR) is 55.2 cm³/mol. The fourth-order valence-electron chi connectivity index (χ4n) is 0.961. The van der Waals surface area contributed by atoms with E-state index in [0.29, 0.717) is 6.29 Å². The third kappa shape index (κ3) is 3.38. The molecule has 0 aromatic carbocycles. The quantitative estimate of drug-likeness (QED) is 0.179. The molecule has 2 heterocycles. The average Bonchev–Trinajstić information content (AvgIpc) is 2.87. The van der Waals surface area contributed by atoms with Gasteiger partial charge in [-0.25, -0.2) is 10.6 Å². The average molecular weight is 256 g/mol. The van der Waals surface area contributed by atoms with Gasteiger partial charge in [-0.15, -0.1) is 0 Å². The Kier molecular flexibility index (Phi) is 4.10. The first-order valence-corrected chi connectivity index (χ1v) is 4.49. The Morgan fingerprint density at radius 2 is 2.17 bits per heavy atom. The van der Waals surface area contributed by atoms with Crippen molar-refractivity contribution in [3.8, 4) is 0 Å². The number of furan rings is 1. The lowest BCUT2D eigenvalue weighted by atomic mass is 10.5. The van der Waals surface area contributed by atoms with Gasteiger partial charge in [-0.3, -0.25) is 30.0 Å². The second-order valence-electron chi connectivity index (χ2n) is 3.03. The summed E-state index contributed by atoms with van der Waals surface area (Å²) < 4.78 is 4.43. The first kappa shape index (κ1) is 13.3. The molecule has 0 aliphatic carbocycles. The molecule has 0 unspecified atom stereocenters. The van der Waals surface area contributed by atoms with E-state index in [1.807, 2.05) is 5.32 Å². The topological polar surface area (TPSA) is 149 Å². The molecule has 96 valence electrons. The molecule has 1 aromatic heterocycles. The van der Waals surface area contributed by atoms with Crippen molar-refractivity contribution in [1.29, 1.82) is 0 Å². The summed E-state index contributed by atoms with van der Waals surface area (Å²) in [5.74, 6) is 4.17. The van der Waals surface area contributed by atoms with Gasteiger partial charge in [0, 0.05) is 0 Å². The van der Waals surface area contributed by atoms with Crippen molar-refractivity contribution in [2.45, 2.75) is 0 Å². The van der Waals surface area contributed by atoms with Crippen LogP contribution in [0.2, 0.25) is 0 Å². The third-order valence-corrected chi connectivity index (χ3v) is 1.73. The maximum atomic E-state index is 10.3. The highest BCUT2D eigenvalue weighted by Gasteiger charge is 2.22. The van der Waals surface area contributed by atoms with Crippen molar-refractivity contribution < 1.29 is 23.7 Å². The Morgan fingerprint density at radius 1 is 1.50 bits per heavy atom. The first-order valence-electron chi connectivity index (χ1n) is 4.49. The lowest BCUT2D eigenvalue weighted by molar-refractivity contribution is -0.402. The minimum Gasteiger partial charge on any atom is -0.398 e. The van der Waals surface area contributed by atoms with Gasteiger partial charge in [0.05, 0.1) is 6.07 Å². The van der Waals surface area contributed by atoms with E-state index in [-0.39, 0.29) is 18.2 Å². The minimum atomic E-state index is -0.701. The van der Waals surface area contributed by atoms with Gasteiger partial charge < -0.3 is 4.42 Å². The van der Waals surface area contributed by atoms with Crippen LogP contribution in [0.1, 0.15) is 10.6 Å². The number of hydrazine groups is 1. The Balaban J connectivity index is 0.000000184. The Labute approximate surface area is 99.4 Å². The molecule has 0 atom stereocenters. The number of rotatable bonds is 2. The van der Waals surface area contributed by atoms with Gasteiger partial charge in [0.25, 0.3) is 0 Å². The predicted octanol–water partition coefficient (Wildman–Crippen LogP) is -0.588. The van der Waals surface area contributed by atoms with E-state index in [2.05, 4.69) is 4.42 Å². The summed E-state index contributed by atoms with van der Waals surface area (Å²) in [6.45, 7) is -0.0289. The first-order chi connectivity index (χ1) is 8.43. The van der Waals surface area contributed by atoms with Crippen LogP contribution in [0.4, 0.5) is 10.7 Å². The summed E-state index contributed by atoms with van der Waals surface area (Å²) in [6.07, 6.45) is 0.410. The molecule has 1 fully saturated rings. The molecule has 0 radical (unpaired) electrons. The van der Waals surface area contributed by atoms with Crippen molar-refractivity contribution in [3.05, 3.63) is 28.0 Å². The van der Waals surface area contributed by atoms with Crippen molar-refractivity contribution in [2.75, 3.05) is 6.54 Å². The highest BCUT2D eigenvalue weighted by Crippen LogP contribution is 2.13. The Bertz CT molecular complexity index is 496. The number of hydrogen-bond acceptors (Lipinski definition) is 7. The van der Waals surface area contributed by atoms with Crippen LogP contribution in [0.15, 0.2) is 16.5 Å². The molecule has 0 spiro atoms. The van der Waals surface area contributed by atoms with Crippen molar-refractivity contribution in [2.24, 2.45) is 5.84 Å². The SMILES string of the molecule is NN1CC(=O)NC1=O.O=Cc1ccc([N+](=O)[O-])o1. The van der Waals surface area contributed by atoms with Gasteiger partial charge in [0.15, 0.2) is 12.0 Å². The van der Waals surface area contributed by atoms with Gasteiger partial charge in [-0.1, -0.05) is 0 Å². The van der Waals surface area contributed by atoms with Gasteiger partial charge in [-0.2, -0.15) is 0 Å². The number of amides is 3. The molecule has 10 heteroatoms. The second kappa shape index (κ2) is 5.54. The van der Waals surface area contributed by atoms with Crippen LogP contribution in [0.5, 0.6) is 0 Å². The number of nitrogens with one attached hydrogen (secondary N) is 1. The highest BCUT2D eigenvalue weighted by atomic mass is 16.6. The van der Waals surface area contributed by atoms with Gasteiger partial charge in [0.1, 0.15) is 11.5 Å². The summed E-state index contributed by atoms with van der Waals surface area (Å²) >= 11 is 0. The number of nitrogens with zero attached hydrogens (tertiary/aromatic N) is 2. The maximum Gasteiger partial charge on any atom is 0.433 e. The summed E-state index contributed by atoms with van der Waals surface area (Å²) in [5.41, 5.74) is 0. The van der Waals surface area contributed by atoms with Crippen molar-refractivity contribution >= 4 is 24.1 Å². The molecule has 18 heavy (non-hydrogen) atoms. The van der Waals surface area contributed by atoms with Crippen LogP contribution in [-0.2, 0) is 4.79 Å². The molecule has 0 bridgehead atoms. The lowest BCUT2D eigenvalue weighted by Gasteiger charge is -1.99. The number of urea groups is 1. The molecule has 10 nitrogen and oxygen atoms in total. The van der Waals surface area contributed by atoms with Crippen LogP contribution >= 0.6 is 0 Å². The zero-order chi connectivity index (χ0) is 13.7. The second-order valence-corrected chi connectivity index (χ2v) is 3.03. The normalized spacial score (nSPS) is 13.7. The highest BCUT2D eigenvalue weighted by molar-refractivity contribution is 6.01. The summed E-state index contributed by atoms with van der Waals surface area (Å²) in [5, 5.41) is 12.7. The van der Waals surface area contributed by atoms with Crippen LogP contribution in [-0.4, -0.2) is 34.7 Å². The summed E-state index contributed by atoms with van der Waals surface area (Å²) in [4.78, 5) is 39.6. The fraction of sp³-hybridized carbons (Fsp3) is 0.125. The molecule has 3 N–H and O–H groups in total. The summed E-state index contributed by atoms with van der Waals surface area (Å²) in [6, 6.07) is 1.84.